The lowest BCUT2D eigenvalue weighted by atomic mass is 10.2. The number of amides is 1. The Bertz CT molecular complexity index is 1160. The van der Waals surface area contributed by atoms with E-state index in [9.17, 15) is 9.59 Å². The van der Waals surface area contributed by atoms with Crippen LogP contribution in [0.1, 0.15) is 42.1 Å². The number of rotatable bonds is 13. The van der Waals surface area contributed by atoms with Gasteiger partial charge in [0.15, 0.2) is 16.1 Å². The van der Waals surface area contributed by atoms with Crippen molar-refractivity contribution in [2.75, 3.05) is 24.3 Å². The van der Waals surface area contributed by atoms with Gasteiger partial charge in [0.05, 0.1) is 24.7 Å². The van der Waals surface area contributed by atoms with Crippen LogP contribution in [0.25, 0.3) is 11.4 Å². The van der Waals surface area contributed by atoms with Crippen molar-refractivity contribution in [1.82, 2.24) is 19.7 Å². The Labute approximate surface area is 213 Å². The molecule has 1 amide bonds. The molecule has 0 saturated heterocycles. The van der Waals surface area contributed by atoms with Crippen molar-refractivity contribution in [2.24, 2.45) is 0 Å². The van der Waals surface area contributed by atoms with Crippen LogP contribution in [0.15, 0.2) is 42.1 Å². The van der Waals surface area contributed by atoms with Crippen LogP contribution in [0.3, 0.4) is 0 Å². The molecule has 1 aromatic carbocycles. The Morgan fingerprint density at radius 3 is 2.69 bits per heavy atom. The number of nitrogens with zero attached hydrogens (tertiary/aromatic N) is 4. The predicted molar refractivity (Wildman–Crippen MR) is 138 cm³/mol. The number of aromatic nitrogens is 4. The van der Waals surface area contributed by atoms with Gasteiger partial charge in [0.25, 0.3) is 0 Å². The highest BCUT2D eigenvalue weighted by Crippen LogP contribution is 2.27. The molecule has 3 aromatic rings. The molecule has 3 rings (SSSR count). The quantitative estimate of drug-likeness (QED) is 0.147. The van der Waals surface area contributed by atoms with Gasteiger partial charge in [0.2, 0.25) is 5.91 Å². The maximum atomic E-state index is 12.5. The second-order valence-electron chi connectivity index (χ2n) is 7.42. The molecule has 186 valence electrons. The van der Waals surface area contributed by atoms with Crippen molar-refractivity contribution >= 4 is 40.1 Å². The van der Waals surface area contributed by atoms with E-state index < -0.39 is 5.97 Å². The number of aryl methyl sites for hydroxylation is 1. The Hall–Kier alpha value is -3.18. The minimum absolute atomic E-state index is 0.104. The zero-order chi connectivity index (χ0) is 25.2. The number of ether oxygens (including phenoxy) is 2. The van der Waals surface area contributed by atoms with Gasteiger partial charge in [-0.15, -0.1) is 16.8 Å². The Morgan fingerprint density at radius 2 is 2.00 bits per heavy atom. The van der Waals surface area contributed by atoms with E-state index in [-0.39, 0.29) is 18.3 Å². The van der Waals surface area contributed by atoms with Gasteiger partial charge >= 0.3 is 5.97 Å². The number of hydrogen-bond donors (Lipinski definition) is 1. The Morgan fingerprint density at radius 1 is 1.23 bits per heavy atom. The van der Waals surface area contributed by atoms with Gasteiger partial charge in [-0.25, -0.2) is 9.78 Å². The molecule has 2 heterocycles. The zero-order valence-electron chi connectivity index (χ0n) is 20.1. The Balaban J connectivity index is 1.65. The number of benzene rings is 1. The molecule has 0 radical (unpaired) electrons. The fourth-order valence-electron chi connectivity index (χ4n) is 3.06. The average molecular weight is 516 g/mol. The smallest absolute Gasteiger partial charge is 0.350 e. The number of nitrogens with one attached hydrogen (secondary N) is 1. The van der Waals surface area contributed by atoms with Crippen molar-refractivity contribution < 1.29 is 19.1 Å². The summed E-state index contributed by atoms with van der Waals surface area (Å²) in [5.41, 5.74) is 1.41. The van der Waals surface area contributed by atoms with Crippen molar-refractivity contribution in [2.45, 2.75) is 45.3 Å². The van der Waals surface area contributed by atoms with Gasteiger partial charge < -0.3 is 14.8 Å². The van der Waals surface area contributed by atoms with Gasteiger partial charge in [-0.2, -0.15) is 0 Å². The summed E-state index contributed by atoms with van der Waals surface area (Å²) in [5.74, 6) is 0.895. The predicted octanol–water partition coefficient (Wildman–Crippen LogP) is 4.98. The van der Waals surface area contributed by atoms with E-state index in [0.717, 1.165) is 35.5 Å². The van der Waals surface area contributed by atoms with Crippen LogP contribution in [-0.4, -0.2) is 50.6 Å². The second kappa shape index (κ2) is 13.1. The van der Waals surface area contributed by atoms with Crippen LogP contribution < -0.4 is 10.1 Å². The number of unbranched alkanes of at least 4 members (excludes halogenated alkanes) is 1. The van der Waals surface area contributed by atoms with Gasteiger partial charge in [-0.1, -0.05) is 42.5 Å². The summed E-state index contributed by atoms with van der Waals surface area (Å²) < 4.78 is 12.7. The molecule has 2 aromatic heterocycles. The normalized spacial score (nSPS) is 10.7. The minimum atomic E-state index is -0.442. The lowest BCUT2D eigenvalue weighted by Gasteiger charge is -2.09. The summed E-state index contributed by atoms with van der Waals surface area (Å²) in [4.78, 5) is 29.1. The summed E-state index contributed by atoms with van der Waals surface area (Å²) in [5, 5.41) is 12.3. The summed E-state index contributed by atoms with van der Waals surface area (Å²) in [7, 11) is 0. The molecule has 11 heteroatoms. The molecule has 0 aliphatic rings. The number of thiazole rings is 1. The van der Waals surface area contributed by atoms with E-state index in [0.29, 0.717) is 39.8 Å². The van der Waals surface area contributed by atoms with Crippen molar-refractivity contribution in [3.05, 3.63) is 47.5 Å². The molecule has 0 unspecified atom stereocenters. The van der Waals surface area contributed by atoms with E-state index in [2.05, 4.69) is 34.0 Å². The number of hydrogen-bond acceptors (Lipinski definition) is 9. The third kappa shape index (κ3) is 7.15. The molecular formula is C24H29N5O4S2. The minimum Gasteiger partial charge on any atom is -0.494 e. The summed E-state index contributed by atoms with van der Waals surface area (Å²) >= 11 is 2.36. The molecule has 0 atom stereocenters. The molecule has 0 fully saturated rings. The van der Waals surface area contributed by atoms with Gasteiger partial charge in [-0.3, -0.25) is 9.36 Å². The molecule has 0 saturated carbocycles. The molecule has 0 aliphatic heterocycles. The fourth-order valence-corrected chi connectivity index (χ4v) is 4.68. The van der Waals surface area contributed by atoms with Crippen molar-refractivity contribution in [3.63, 3.8) is 0 Å². The highest BCUT2D eigenvalue weighted by molar-refractivity contribution is 7.99. The standard InChI is InChI=1S/C24H29N5O4S2/c1-5-8-14-33-18-11-9-17(10-12-18)21-27-28-24(29(21)13-6-2)34-15-19(30)26-23-25-16(4)20(35-23)22(31)32-7-3/h6,9-12H,2,5,7-8,13-15H2,1,3-4H3,(H,25,26,30). The average Bonchev–Trinajstić information content (AvgIpc) is 3.41. The highest BCUT2D eigenvalue weighted by Gasteiger charge is 2.19. The van der Waals surface area contributed by atoms with Crippen molar-refractivity contribution in [3.8, 4) is 17.1 Å². The number of carbonyl (C=O) groups excluding carboxylic acids is 2. The lowest BCUT2D eigenvalue weighted by Crippen LogP contribution is -2.14. The second-order valence-corrected chi connectivity index (χ2v) is 9.36. The lowest BCUT2D eigenvalue weighted by molar-refractivity contribution is -0.113. The van der Waals surface area contributed by atoms with Crippen LogP contribution in [0.2, 0.25) is 0 Å². The maximum absolute atomic E-state index is 12.5. The number of esters is 1. The first-order valence-corrected chi connectivity index (χ1v) is 13.1. The number of allylic oxidation sites excluding steroid dienone is 1. The van der Waals surface area contributed by atoms with Crippen LogP contribution in [-0.2, 0) is 16.1 Å². The molecule has 1 N–H and O–H groups in total. The van der Waals surface area contributed by atoms with Gasteiger partial charge in [0.1, 0.15) is 10.6 Å². The molecule has 0 aliphatic carbocycles. The van der Waals surface area contributed by atoms with Crippen LogP contribution in [0.5, 0.6) is 5.75 Å². The zero-order valence-corrected chi connectivity index (χ0v) is 21.7. The first-order valence-electron chi connectivity index (χ1n) is 11.3. The highest BCUT2D eigenvalue weighted by atomic mass is 32.2. The maximum Gasteiger partial charge on any atom is 0.350 e. The van der Waals surface area contributed by atoms with E-state index >= 15 is 0 Å². The third-order valence-electron chi connectivity index (χ3n) is 4.74. The van der Waals surface area contributed by atoms with E-state index in [1.165, 1.54) is 11.8 Å². The van der Waals surface area contributed by atoms with Gasteiger partial charge in [-0.05, 0) is 44.5 Å². The van der Waals surface area contributed by atoms with Crippen LogP contribution in [0.4, 0.5) is 5.13 Å². The fraction of sp³-hybridized carbons (Fsp3) is 0.375. The van der Waals surface area contributed by atoms with Crippen molar-refractivity contribution in [1.29, 1.82) is 0 Å². The number of anilines is 1. The molecule has 9 nitrogen and oxygen atoms in total. The summed E-state index contributed by atoms with van der Waals surface area (Å²) in [6, 6.07) is 7.72. The summed E-state index contributed by atoms with van der Waals surface area (Å²) in [6.07, 6.45) is 3.85. The van der Waals surface area contributed by atoms with Crippen LogP contribution in [0, 0.1) is 6.92 Å². The van der Waals surface area contributed by atoms with Crippen LogP contribution >= 0.6 is 23.1 Å². The van der Waals surface area contributed by atoms with E-state index in [1.54, 1.807) is 19.9 Å². The third-order valence-corrected chi connectivity index (χ3v) is 6.76. The molecule has 0 spiro atoms. The van der Waals surface area contributed by atoms with Gasteiger partial charge in [0, 0.05) is 12.1 Å². The SMILES string of the molecule is C=CCn1c(SCC(=O)Nc2nc(C)c(C(=O)OCC)s2)nnc1-c1ccc(OCCCC)cc1. The molecular weight excluding hydrogens is 486 g/mol. The monoisotopic (exact) mass is 515 g/mol. The molecule has 0 bridgehead atoms. The largest absolute Gasteiger partial charge is 0.494 e. The first kappa shape index (κ1) is 26.4. The first-order chi connectivity index (χ1) is 17.0. The van der Waals surface area contributed by atoms with E-state index in [4.69, 9.17) is 9.47 Å². The number of thioether (sulfide) groups is 1. The van der Waals surface area contributed by atoms with E-state index in [1.807, 2.05) is 28.8 Å². The number of carbonyl (C=O) groups is 2. The molecule has 35 heavy (non-hydrogen) atoms. The Kier molecular flexibility index (Phi) is 9.86. The topological polar surface area (TPSA) is 108 Å². The summed E-state index contributed by atoms with van der Waals surface area (Å²) in [6.45, 7) is 10.9.